The molecule has 116 valence electrons. The molecule has 2 aromatic rings. The van der Waals surface area contributed by atoms with Gasteiger partial charge in [-0.15, -0.1) is 0 Å². The molecule has 0 bridgehead atoms. The quantitative estimate of drug-likeness (QED) is 0.855. The lowest BCUT2D eigenvalue weighted by Gasteiger charge is -2.14. The van der Waals surface area contributed by atoms with E-state index in [2.05, 4.69) is 4.98 Å². The molecule has 0 saturated carbocycles. The summed E-state index contributed by atoms with van der Waals surface area (Å²) in [4.78, 5) is 16.5. The molecule has 1 atom stereocenters. The van der Waals surface area contributed by atoms with Crippen LogP contribution in [0.5, 0.6) is 5.75 Å². The van der Waals surface area contributed by atoms with E-state index in [1.54, 1.807) is 0 Å². The second-order valence-electron chi connectivity index (χ2n) is 4.78. The summed E-state index contributed by atoms with van der Waals surface area (Å²) in [5, 5.41) is 0.0392. The predicted molar refractivity (Wildman–Crippen MR) is 82.9 cm³/mol. The van der Waals surface area contributed by atoms with Crippen LogP contribution in [0.1, 0.15) is 40.9 Å². The highest BCUT2D eigenvalue weighted by atomic mass is 35.5. The number of carbonyl (C=O) groups excluding carboxylic acids is 1. The molecule has 0 fully saturated rings. The molecule has 6 heteroatoms. The molecule has 1 heterocycles. The molecule has 4 nitrogen and oxygen atoms in total. The number of pyridine rings is 1. The first kappa shape index (κ1) is 16.4. The van der Waals surface area contributed by atoms with Crippen molar-refractivity contribution in [2.24, 2.45) is 5.73 Å². The highest BCUT2D eigenvalue weighted by Crippen LogP contribution is 2.29. The summed E-state index contributed by atoms with van der Waals surface area (Å²) in [6.45, 7) is 1.84. The molecule has 0 unspecified atom stereocenters. The number of ether oxygens (including phenoxy) is 1. The summed E-state index contributed by atoms with van der Waals surface area (Å²) in [6, 6.07) is 3.98. The Balaban J connectivity index is 2.53. The first-order valence-corrected chi connectivity index (χ1v) is 7.14. The van der Waals surface area contributed by atoms with E-state index < -0.39 is 17.6 Å². The molecule has 0 spiro atoms. The normalized spacial score (nSPS) is 12.0. The fourth-order valence-corrected chi connectivity index (χ4v) is 2.31. The van der Waals surface area contributed by atoms with E-state index in [1.165, 1.54) is 37.7 Å². The van der Waals surface area contributed by atoms with Crippen LogP contribution in [-0.2, 0) is 0 Å². The molecule has 22 heavy (non-hydrogen) atoms. The number of methoxy groups -OCH3 is 1. The van der Waals surface area contributed by atoms with Crippen molar-refractivity contribution >= 4 is 17.4 Å². The summed E-state index contributed by atoms with van der Waals surface area (Å²) >= 11 is 6.01. The first-order valence-electron chi connectivity index (χ1n) is 6.76. The van der Waals surface area contributed by atoms with Crippen molar-refractivity contribution in [3.8, 4) is 5.75 Å². The average molecular weight is 323 g/mol. The maximum Gasteiger partial charge on any atom is 0.199 e. The van der Waals surface area contributed by atoms with Gasteiger partial charge in [0.05, 0.1) is 23.9 Å². The number of ketones is 1. The van der Waals surface area contributed by atoms with Gasteiger partial charge in [-0.05, 0) is 18.6 Å². The Bertz CT molecular complexity index is 707. The van der Waals surface area contributed by atoms with Crippen LogP contribution in [-0.4, -0.2) is 17.9 Å². The predicted octanol–water partition coefficient (Wildman–Crippen LogP) is 3.52. The van der Waals surface area contributed by atoms with Gasteiger partial charge in [0.2, 0.25) is 0 Å². The standard InChI is InChI=1S/C16H16ClFN2O2/c1-3-13(19)11-4-5-12(17)14(15(11)18)16(21)9-6-10(22-2)8-20-7-9/h4-8,13H,3,19H2,1-2H3/t13-/m1/s1. The van der Waals surface area contributed by atoms with Gasteiger partial charge >= 0.3 is 0 Å². The number of nitrogens with zero attached hydrogens (tertiary/aromatic N) is 1. The van der Waals surface area contributed by atoms with E-state index in [-0.39, 0.29) is 21.7 Å². The Kier molecular flexibility index (Phi) is 5.11. The third-order valence-electron chi connectivity index (χ3n) is 3.40. The number of hydrogen-bond donors (Lipinski definition) is 1. The zero-order valence-electron chi connectivity index (χ0n) is 12.3. The van der Waals surface area contributed by atoms with Gasteiger partial charge in [-0.1, -0.05) is 24.6 Å². The maximum atomic E-state index is 14.7. The molecule has 0 aliphatic rings. The van der Waals surface area contributed by atoms with Crippen LogP contribution >= 0.6 is 11.6 Å². The lowest BCUT2D eigenvalue weighted by atomic mass is 9.97. The SMILES string of the molecule is CC[C@@H](N)c1ccc(Cl)c(C(=O)c2cncc(OC)c2)c1F. The van der Waals surface area contributed by atoms with Gasteiger partial charge in [-0.2, -0.15) is 0 Å². The number of aromatic nitrogens is 1. The van der Waals surface area contributed by atoms with Crippen LogP contribution in [0, 0.1) is 5.82 Å². The molecule has 0 aliphatic carbocycles. The van der Waals surface area contributed by atoms with Crippen LogP contribution < -0.4 is 10.5 Å². The number of rotatable bonds is 5. The third-order valence-corrected chi connectivity index (χ3v) is 3.71. The Morgan fingerprint density at radius 3 is 2.82 bits per heavy atom. The summed E-state index contributed by atoms with van der Waals surface area (Å²) in [5.74, 6) is -0.836. The topological polar surface area (TPSA) is 65.2 Å². The second-order valence-corrected chi connectivity index (χ2v) is 5.19. The molecule has 1 aromatic heterocycles. The molecule has 0 aliphatic heterocycles. The lowest BCUT2D eigenvalue weighted by Crippen LogP contribution is -2.15. The molecule has 0 saturated heterocycles. The van der Waals surface area contributed by atoms with E-state index in [0.29, 0.717) is 12.2 Å². The minimum atomic E-state index is -0.685. The van der Waals surface area contributed by atoms with Crippen LogP contribution in [0.4, 0.5) is 4.39 Å². The van der Waals surface area contributed by atoms with E-state index in [0.717, 1.165) is 0 Å². The molecule has 1 aromatic carbocycles. The molecule has 2 rings (SSSR count). The monoisotopic (exact) mass is 322 g/mol. The van der Waals surface area contributed by atoms with Crippen LogP contribution in [0.3, 0.4) is 0 Å². The zero-order chi connectivity index (χ0) is 16.3. The van der Waals surface area contributed by atoms with E-state index in [4.69, 9.17) is 22.1 Å². The van der Waals surface area contributed by atoms with Gasteiger partial charge in [0.25, 0.3) is 0 Å². The minimum Gasteiger partial charge on any atom is -0.495 e. The highest BCUT2D eigenvalue weighted by Gasteiger charge is 2.23. The fraction of sp³-hybridized carbons (Fsp3) is 0.250. The zero-order valence-corrected chi connectivity index (χ0v) is 13.0. The molecule has 0 amide bonds. The molecule has 0 radical (unpaired) electrons. The van der Waals surface area contributed by atoms with Crippen LogP contribution in [0.25, 0.3) is 0 Å². The summed E-state index contributed by atoms with van der Waals surface area (Å²) in [6.07, 6.45) is 3.35. The van der Waals surface area contributed by atoms with E-state index in [1.807, 2.05) is 6.92 Å². The van der Waals surface area contributed by atoms with Gasteiger partial charge in [0.1, 0.15) is 11.6 Å². The molecular weight excluding hydrogens is 307 g/mol. The number of nitrogens with two attached hydrogens (primary N) is 1. The third kappa shape index (κ3) is 3.10. The Morgan fingerprint density at radius 1 is 1.45 bits per heavy atom. The molecule has 2 N–H and O–H groups in total. The van der Waals surface area contributed by atoms with Gasteiger partial charge < -0.3 is 10.5 Å². The van der Waals surface area contributed by atoms with Crippen LogP contribution in [0.2, 0.25) is 5.02 Å². The van der Waals surface area contributed by atoms with Crippen molar-refractivity contribution in [3.63, 3.8) is 0 Å². The van der Waals surface area contributed by atoms with Crippen molar-refractivity contribution in [3.05, 3.63) is 58.1 Å². The maximum absolute atomic E-state index is 14.7. The number of carbonyl (C=O) groups is 1. The summed E-state index contributed by atoms with van der Waals surface area (Å²) in [7, 11) is 1.46. The van der Waals surface area contributed by atoms with E-state index in [9.17, 15) is 9.18 Å². The lowest BCUT2D eigenvalue weighted by molar-refractivity contribution is 0.103. The van der Waals surface area contributed by atoms with Gasteiger partial charge in [-0.25, -0.2) is 4.39 Å². The largest absolute Gasteiger partial charge is 0.495 e. The van der Waals surface area contributed by atoms with Crippen molar-refractivity contribution in [1.82, 2.24) is 4.98 Å². The Hall–Kier alpha value is -1.98. The number of hydrogen-bond acceptors (Lipinski definition) is 4. The number of benzene rings is 1. The number of halogens is 2. The van der Waals surface area contributed by atoms with Gasteiger partial charge in [-0.3, -0.25) is 9.78 Å². The highest BCUT2D eigenvalue weighted by molar-refractivity contribution is 6.35. The van der Waals surface area contributed by atoms with Crippen molar-refractivity contribution in [2.45, 2.75) is 19.4 Å². The second kappa shape index (κ2) is 6.85. The Morgan fingerprint density at radius 2 is 2.18 bits per heavy atom. The van der Waals surface area contributed by atoms with Crippen molar-refractivity contribution in [2.75, 3.05) is 7.11 Å². The average Bonchev–Trinajstić information content (AvgIpc) is 2.54. The Labute approximate surface area is 133 Å². The minimum absolute atomic E-state index is 0.0392. The summed E-state index contributed by atoms with van der Waals surface area (Å²) < 4.78 is 19.7. The van der Waals surface area contributed by atoms with E-state index >= 15 is 0 Å². The smallest absolute Gasteiger partial charge is 0.199 e. The van der Waals surface area contributed by atoms with Crippen molar-refractivity contribution < 1.29 is 13.9 Å². The first-order chi connectivity index (χ1) is 10.5. The van der Waals surface area contributed by atoms with Crippen molar-refractivity contribution in [1.29, 1.82) is 0 Å². The molecular formula is C16H16ClFN2O2. The van der Waals surface area contributed by atoms with Gasteiger partial charge in [0, 0.05) is 23.4 Å². The van der Waals surface area contributed by atoms with Gasteiger partial charge in [0.15, 0.2) is 5.78 Å². The summed E-state index contributed by atoms with van der Waals surface area (Å²) in [5.41, 5.74) is 6.14. The fourth-order valence-electron chi connectivity index (χ4n) is 2.08. The van der Waals surface area contributed by atoms with Crippen LogP contribution in [0.15, 0.2) is 30.6 Å².